The summed E-state index contributed by atoms with van der Waals surface area (Å²) >= 11 is 0. The molecule has 3 rings (SSSR count). The number of imidazole rings is 1. The van der Waals surface area contributed by atoms with Crippen LogP contribution in [0.3, 0.4) is 0 Å². The van der Waals surface area contributed by atoms with Gasteiger partial charge < -0.3 is 19.4 Å². The molecule has 0 fully saturated rings. The van der Waals surface area contributed by atoms with Crippen molar-refractivity contribution in [1.82, 2.24) is 14.9 Å². The molecule has 0 aliphatic rings. The normalized spacial score (nSPS) is 11.7. The zero-order valence-electron chi connectivity index (χ0n) is 16.4. The number of aryl methyl sites for hydroxylation is 1. The van der Waals surface area contributed by atoms with E-state index in [1.54, 1.807) is 25.4 Å². The van der Waals surface area contributed by atoms with Gasteiger partial charge in [-0.25, -0.2) is 4.98 Å². The number of rotatable bonds is 8. The molecule has 0 radical (unpaired) electrons. The van der Waals surface area contributed by atoms with Crippen LogP contribution in [-0.2, 0) is 11.3 Å². The molecule has 6 heteroatoms. The summed E-state index contributed by atoms with van der Waals surface area (Å²) < 4.78 is 13.0. The van der Waals surface area contributed by atoms with E-state index in [4.69, 9.17) is 9.47 Å². The van der Waals surface area contributed by atoms with Gasteiger partial charge >= 0.3 is 0 Å². The first kappa shape index (κ1) is 19.5. The number of benzene rings is 2. The molecule has 1 N–H and O–H groups in total. The van der Waals surface area contributed by atoms with Crippen LogP contribution < -0.4 is 14.8 Å². The fourth-order valence-corrected chi connectivity index (χ4v) is 2.96. The molecular weight excluding hydrogens is 354 g/mol. The Morgan fingerprint density at radius 3 is 2.50 bits per heavy atom. The number of ether oxygens (including phenoxy) is 2. The van der Waals surface area contributed by atoms with Crippen LogP contribution in [0, 0.1) is 6.92 Å². The number of hydrogen-bond donors (Lipinski definition) is 1. The molecule has 0 aliphatic heterocycles. The second kappa shape index (κ2) is 9.08. The molecule has 0 bridgehead atoms. The van der Waals surface area contributed by atoms with Crippen molar-refractivity contribution in [2.24, 2.45) is 0 Å². The molecule has 1 atom stereocenters. The van der Waals surface area contributed by atoms with Crippen molar-refractivity contribution in [3.05, 3.63) is 72.3 Å². The average Bonchev–Trinajstić information content (AvgIpc) is 3.16. The van der Waals surface area contributed by atoms with Crippen molar-refractivity contribution in [3.8, 4) is 17.2 Å². The minimum Gasteiger partial charge on any atom is -0.497 e. The van der Waals surface area contributed by atoms with E-state index in [9.17, 15) is 4.79 Å². The zero-order valence-corrected chi connectivity index (χ0v) is 16.4. The monoisotopic (exact) mass is 379 g/mol. The number of amides is 1. The lowest BCUT2D eigenvalue weighted by Gasteiger charge is -2.18. The van der Waals surface area contributed by atoms with E-state index in [-0.39, 0.29) is 5.91 Å². The number of carbonyl (C=O) groups excluding carboxylic acids is 1. The Bertz CT molecular complexity index is 919. The summed E-state index contributed by atoms with van der Waals surface area (Å²) in [5.41, 5.74) is 2.01. The topological polar surface area (TPSA) is 65.4 Å². The first-order chi connectivity index (χ1) is 13.6. The van der Waals surface area contributed by atoms with Gasteiger partial charge in [0.2, 0.25) is 0 Å². The molecule has 1 aromatic heterocycles. The lowest BCUT2D eigenvalue weighted by atomic mass is 10.1. The number of para-hydroxylation sites is 1. The standard InChI is InChI=1S/C22H25N3O3/c1-4-21(28-19-11-9-18(27-3)10-12-19)22(26)24-15-17-7-5-6-8-20(17)25-14-13-23-16(25)2/h5-14,21H,4,15H2,1-3H3,(H,24,26). The highest BCUT2D eigenvalue weighted by molar-refractivity contribution is 5.81. The molecule has 3 aromatic rings. The Morgan fingerprint density at radius 2 is 1.86 bits per heavy atom. The Labute approximate surface area is 165 Å². The fraction of sp³-hybridized carbons (Fsp3) is 0.273. The minimum absolute atomic E-state index is 0.143. The van der Waals surface area contributed by atoms with Crippen molar-refractivity contribution >= 4 is 5.91 Å². The van der Waals surface area contributed by atoms with E-state index < -0.39 is 6.10 Å². The summed E-state index contributed by atoms with van der Waals surface area (Å²) in [4.78, 5) is 16.9. The first-order valence-corrected chi connectivity index (χ1v) is 9.29. The molecular formula is C22H25N3O3. The predicted molar refractivity (Wildman–Crippen MR) is 108 cm³/mol. The highest BCUT2D eigenvalue weighted by atomic mass is 16.5. The first-order valence-electron chi connectivity index (χ1n) is 9.29. The van der Waals surface area contributed by atoms with Crippen molar-refractivity contribution < 1.29 is 14.3 Å². The third-order valence-electron chi connectivity index (χ3n) is 4.53. The lowest BCUT2D eigenvalue weighted by Crippen LogP contribution is -2.37. The van der Waals surface area contributed by atoms with Crippen molar-refractivity contribution in [1.29, 1.82) is 0 Å². The zero-order chi connectivity index (χ0) is 19.9. The summed E-state index contributed by atoms with van der Waals surface area (Å²) in [5, 5.41) is 2.99. The maximum atomic E-state index is 12.7. The highest BCUT2D eigenvalue weighted by Gasteiger charge is 2.18. The molecule has 0 aliphatic carbocycles. The van der Waals surface area contributed by atoms with Crippen LogP contribution >= 0.6 is 0 Å². The Hall–Kier alpha value is -3.28. The lowest BCUT2D eigenvalue weighted by molar-refractivity contribution is -0.128. The number of nitrogens with zero attached hydrogens (tertiary/aromatic N) is 2. The van der Waals surface area contributed by atoms with E-state index in [0.717, 1.165) is 22.8 Å². The summed E-state index contributed by atoms with van der Waals surface area (Å²) in [6.07, 6.45) is 3.69. The van der Waals surface area contributed by atoms with Gasteiger partial charge in [-0.1, -0.05) is 25.1 Å². The van der Waals surface area contributed by atoms with E-state index in [2.05, 4.69) is 10.3 Å². The molecule has 1 heterocycles. The number of nitrogens with one attached hydrogen (secondary N) is 1. The van der Waals surface area contributed by atoms with Crippen LogP contribution in [0.2, 0.25) is 0 Å². The largest absolute Gasteiger partial charge is 0.497 e. The fourth-order valence-electron chi connectivity index (χ4n) is 2.96. The van der Waals surface area contributed by atoms with Crippen LogP contribution in [0.25, 0.3) is 5.69 Å². The highest BCUT2D eigenvalue weighted by Crippen LogP contribution is 2.19. The Kier molecular flexibility index (Phi) is 6.32. The minimum atomic E-state index is -0.560. The summed E-state index contributed by atoms with van der Waals surface area (Å²) in [6, 6.07) is 15.2. The van der Waals surface area contributed by atoms with Gasteiger partial charge in [-0.15, -0.1) is 0 Å². The van der Waals surface area contributed by atoms with Gasteiger partial charge in [0, 0.05) is 18.9 Å². The maximum absolute atomic E-state index is 12.7. The van der Waals surface area contributed by atoms with Crippen molar-refractivity contribution in [2.45, 2.75) is 32.9 Å². The third kappa shape index (κ3) is 4.52. The van der Waals surface area contributed by atoms with Crippen LogP contribution in [0.4, 0.5) is 0 Å². The predicted octanol–water partition coefficient (Wildman–Crippen LogP) is 3.66. The molecule has 146 valence electrons. The molecule has 28 heavy (non-hydrogen) atoms. The number of methoxy groups -OCH3 is 1. The van der Waals surface area contributed by atoms with Gasteiger partial charge in [-0.2, -0.15) is 0 Å². The Morgan fingerprint density at radius 1 is 1.14 bits per heavy atom. The van der Waals surface area contributed by atoms with Crippen LogP contribution in [-0.4, -0.2) is 28.7 Å². The van der Waals surface area contributed by atoms with Gasteiger partial charge in [-0.05, 0) is 49.2 Å². The molecule has 0 spiro atoms. The molecule has 0 saturated heterocycles. The van der Waals surface area contributed by atoms with Crippen molar-refractivity contribution in [3.63, 3.8) is 0 Å². The van der Waals surface area contributed by atoms with Crippen LogP contribution in [0.5, 0.6) is 11.5 Å². The average molecular weight is 379 g/mol. The summed E-state index contributed by atoms with van der Waals surface area (Å²) in [5.74, 6) is 2.14. The van der Waals surface area contributed by atoms with E-state index in [0.29, 0.717) is 18.7 Å². The van der Waals surface area contributed by atoms with Crippen molar-refractivity contribution in [2.75, 3.05) is 7.11 Å². The Balaban J connectivity index is 1.66. The second-order valence-corrected chi connectivity index (χ2v) is 6.38. The second-order valence-electron chi connectivity index (χ2n) is 6.38. The maximum Gasteiger partial charge on any atom is 0.261 e. The molecule has 2 aromatic carbocycles. The van der Waals surface area contributed by atoms with E-state index >= 15 is 0 Å². The van der Waals surface area contributed by atoms with Gasteiger partial charge in [-0.3, -0.25) is 4.79 Å². The quantitative estimate of drug-likeness (QED) is 0.649. The van der Waals surface area contributed by atoms with Crippen LogP contribution in [0.1, 0.15) is 24.7 Å². The molecule has 6 nitrogen and oxygen atoms in total. The van der Waals surface area contributed by atoms with E-state index in [1.165, 1.54) is 0 Å². The molecule has 0 saturated carbocycles. The number of aromatic nitrogens is 2. The summed E-state index contributed by atoms with van der Waals surface area (Å²) in [6.45, 7) is 4.29. The van der Waals surface area contributed by atoms with Gasteiger partial charge in [0.1, 0.15) is 17.3 Å². The van der Waals surface area contributed by atoms with Gasteiger partial charge in [0.25, 0.3) is 5.91 Å². The van der Waals surface area contributed by atoms with Crippen LogP contribution in [0.15, 0.2) is 60.9 Å². The van der Waals surface area contributed by atoms with Gasteiger partial charge in [0.05, 0.1) is 12.8 Å². The van der Waals surface area contributed by atoms with E-state index in [1.807, 2.05) is 61.0 Å². The number of carbonyl (C=O) groups is 1. The van der Waals surface area contributed by atoms with Gasteiger partial charge in [0.15, 0.2) is 6.10 Å². The molecule has 1 amide bonds. The smallest absolute Gasteiger partial charge is 0.261 e. The molecule has 1 unspecified atom stereocenters. The SMILES string of the molecule is CCC(Oc1ccc(OC)cc1)C(=O)NCc1ccccc1-n1ccnc1C. The third-order valence-corrected chi connectivity index (χ3v) is 4.53. The number of hydrogen-bond acceptors (Lipinski definition) is 4. The summed E-state index contributed by atoms with van der Waals surface area (Å²) in [7, 11) is 1.61.